The van der Waals surface area contributed by atoms with Gasteiger partial charge < -0.3 is 33.2 Å². The highest BCUT2D eigenvalue weighted by Gasteiger charge is 2.60. The van der Waals surface area contributed by atoms with Crippen molar-refractivity contribution in [2.45, 2.75) is 97.2 Å². The quantitative estimate of drug-likeness (QED) is 0.601. The minimum atomic E-state index is -0.862. The van der Waals surface area contributed by atoms with Crippen molar-refractivity contribution < 1.29 is 42.7 Å². The molecule has 0 unspecified atom stereocenters. The van der Waals surface area contributed by atoms with Crippen molar-refractivity contribution in [2.24, 2.45) is 5.41 Å². The number of ether oxygens (including phenoxy) is 7. The molecule has 0 saturated carbocycles. The van der Waals surface area contributed by atoms with E-state index in [-0.39, 0.29) is 12.6 Å². The van der Waals surface area contributed by atoms with Crippen molar-refractivity contribution in [1.29, 1.82) is 0 Å². The van der Waals surface area contributed by atoms with E-state index in [1.165, 1.54) is 6.92 Å². The Balaban J connectivity index is 1.71. The first-order valence-electron chi connectivity index (χ1n) is 9.97. The Hall–Kier alpha value is -1.26. The summed E-state index contributed by atoms with van der Waals surface area (Å²) in [7, 11) is 0. The third-order valence-electron chi connectivity index (χ3n) is 5.25. The summed E-state index contributed by atoms with van der Waals surface area (Å²) < 4.78 is 40.3. The molecular weight excluding hydrogens is 384 g/mol. The first-order chi connectivity index (χ1) is 13.3. The molecular formula is C20H32O9. The van der Waals surface area contributed by atoms with E-state index in [0.717, 1.165) is 0 Å². The van der Waals surface area contributed by atoms with Crippen molar-refractivity contribution in [3.8, 4) is 0 Å². The average molecular weight is 416 g/mol. The molecule has 3 rings (SSSR count). The molecule has 0 spiro atoms. The molecule has 9 nitrogen and oxygen atoms in total. The van der Waals surface area contributed by atoms with Crippen molar-refractivity contribution in [2.75, 3.05) is 13.2 Å². The lowest BCUT2D eigenvalue weighted by molar-refractivity contribution is -0.236. The van der Waals surface area contributed by atoms with Crippen molar-refractivity contribution in [1.82, 2.24) is 0 Å². The van der Waals surface area contributed by atoms with Crippen LogP contribution in [0.4, 0.5) is 0 Å². The van der Waals surface area contributed by atoms with E-state index in [0.29, 0.717) is 13.0 Å². The summed E-state index contributed by atoms with van der Waals surface area (Å²) in [6.45, 7) is 12.5. The van der Waals surface area contributed by atoms with E-state index in [1.807, 2.05) is 13.8 Å². The highest BCUT2D eigenvalue weighted by molar-refractivity contribution is 5.76. The second kappa shape index (κ2) is 7.77. The lowest BCUT2D eigenvalue weighted by Gasteiger charge is -2.31. The first kappa shape index (κ1) is 22.4. The molecule has 0 radical (unpaired) electrons. The zero-order chi connectivity index (χ0) is 21.6. The normalized spacial score (nSPS) is 35.3. The molecule has 166 valence electrons. The van der Waals surface area contributed by atoms with Gasteiger partial charge in [-0.1, -0.05) is 0 Å². The van der Waals surface area contributed by atoms with Crippen LogP contribution < -0.4 is 0 Å². The van der Waals surface area contributed by atoms with Crippen LogP contribution in [0.25, 0.3) is 0 Å². The van der Waals surface area contributed by atoms with Crippen LogP contribution in [0.3, 0.4) is 0 Å². The topological polar surface area (TPSA) is 98.8 Å². The van der Waals surface area contributed by atoms with Crippen molar-refractivity contribution >= 4 is 11.9 Å². The fourth-order valence-electron chi connectivity index (χ4n) is 3.65. The third-order valence-corrected chi connectivity index (χ3v) is 5.25. The van der Waals surface area contributed by atoms with Crippen LogP contribution in [0.2, 0.25) is 0 Å². The highest BCUT2D eigenvalue weighted by Crippen LogP contribution is 2.42. The molecule has 3 fully saturated rings. The van der Waals surface area contributed by atoms with Gasteiger partial charge in [0.15, 0.2) is 30.1 Å². The maximum absolute atomic E-state index is 12.9. The number of rotatable bonds is 6. The zero-order valence-corrected chi connectivity index (χ0v) is 18.2. The Morgan fingerprint density at radius 1 is 1.03 bits per heavy atom. The molecule has 3 saturated heterocycles. The average Bonchev–Trinajstić information content (AvgIpc) is 3.17. The number of carbonyl (C=O) groups is 2. The van der Waals surface area contributed by atoms with Gasteiger partial charge in [0.25, 0.3) is 0 Å². The summed E-state index contributed by atoms with van der Waals surface area (Å²) in [5.74, 6) is -2.41. The molecule has 0 N–H and O–H groups in total. The van der Waals surface area contributed by atoms with E-state index in [2.05, 4.69) is 0 Å². The van der Waals surface area contributed by atoms with E-state index in [9.17, 15) is 9.59 Å². The van der Waals surface area contributed by atoms with E-state index < -0.39 is 53.7 Å². The predicted molar refractivity (Wildman–Crippen MR) is 98.5 cm³/mol. The second-order valence-electron chi connectivity index (χ2n) is 9.28. The fourth-order valence-corrected chi connectivity index (χ4v) is 3.65. The molecule has 0 aromatic carbocycles. The molecule has 5 atom stereocenters. The predicted octanol–water partition coefficient (Wildman–Crippen LogP) is 1.91. The van der Waals surface area contributed by atoms with Crippen LogP contribution >= 0.6 is 0 Å². The molecule has 0 aliphatic carbocycles. The van der Waals surface area contributed by atoms with Gasteiger partial charge in [-0.05, 0) is 48.0 Å². The third kappa shape index (κ3) is 5.08. The van der Waals surface area contributed by atoms with E-state index in [4.69, 9.17) is 33.2 Å². The Bertz CT molecular complexity index is 642. The molecule has 9 heteroatoms. The summed E-state index contributed by atoms with van der Waals surface area (Å²) >= 11 is 0. The van der Waals surface area contributed by atoms with Gasteiger partial charge in [0, 0.05) is 6.92 Å². The van der Waals surface area contributed by atoms with Crippen LogP contribution in [0.15, 0.2) is 0 Å². The van der Waals surface area contributed by atoms with Crippen LogP contribution in [-0.4, -0.2) is 67.4 Å². The van der Waals surface area contributed by atoms with E-state index in [1.54, 1.807) is 27.7 Å². The zero-order valence-electron chi connectivity index (χ0n) is 18.2. The summed E-state index contributed by atoms with van der Waals surface area (Å²) in [5, 5.41) is 0. The molecule has 0 amide bonds. The van der Waals surface area contributed by atoms with Crippen molar-refractivity contribution in [3.63, 3.8) is 0 Å². The molecule has 3 heterocycles. The van der Waals surface area contributed by atoms with Gasteiger partial charge in [-0.15, -0.1) is 0 Å². The monoisotopic (exact) mass is 416 g/mol. The lowest BCUT2D eigenvalue weighted by Crippen LogP contribution is -2.46. The molecule has 3 aliphatic heterocycles. The number of carbonyl (C=O) groups excluding carboxylic acids is 2. The van der Waals surface area contributed by atoms with Crippen LogP contribution in [0, 0.1) is 5.41 Å². The number of esters is 2. The van der Waals surface area contributed by atoms with Crippen LogP contribution in [-0.2, 0) is 42.7 Å². The number of hydrogen-bond acceptors (Lipinski definition) is 9. The Kier molecular flexibility index (Phi) is 6.01. The minimum Gasteiger partial charge on any atom is -0.466 e. The first-order valence-corrected chi connectivity index (χ1v) is 9.97. The summed E-state index contributed by atoms with van der Waals surface area (Å²) in [6, 6.07) is 0. The van der Waals surface area contributed by atoms with Gasteiger partial charge in [0.2, 0.25) is 0 Å². The Labute approximate surface area is 171 Å². The van der Waals surface area contributed by atoms with Gasteiger partial charge in [-0.2, -0.15) is 0 Å². The minimum absolute atomic E-state index is 0.133. The van der Waals surface area contributed by atoms with E-state index >= 15 is 0 Å². The largest absolute Gasteiger partial charge is 0.466 e. The number of hydrogen-bond donors (Lipinski definition) is 0. The molecule has 0 aromatic rings. The van der Waals surface area contributed by atoms with Crippen LogP contribution in [0.1, 0.15) is 54.9 Å². The fraction of sp³-hybridized carbons (Fsp3) is 0.900. The van der Waals surface area contributed by atoms with Gasteiger partial charge >= 0.3 is 11.9 Å². The van der Waals surface area contributed by atoms with Gasteiger partial charge in [-0.3, -0.25) is 9.59 Å². The van der Waals surface area contributed by atoms with Crippen molar-refractivity contribution in [3.05, 3.63) is 0 Å². The molecule has 3 aliphatic rings. The lowest BCUT2D eigenvalue weighted by atomic mass is 9.89. The summed E-state index contributed by atoms with van der Waals surface area (Å²) in [6.07, 6.45) is -2.63. The number of fused-ring (bicyclic) bond motifs is 1. The molecule has 0 bridgehead atoms. The van der Waals surface area contributed by atoms with Gasteiger partial charge in [0.1, 0.15) is 12.2 Å². The standard InChI is InChI=1S/C20H32O9/c1-11(21)23-9-8-18(2,3)17(22)26-14-13(12-10-24-19(4,5)27-12)25-16-15(14)28-20(6,7)29-16/h12-16H,8-10H2,1-7H3/t12-,13-,14+,15-,16-/m1/s1. The van der Waals surface area contributed by atoms with Gasteiger partial charge in [-0.25, -0.2) is 0 Å². The summed E-state index contributed by atoms with van der Waals surface area (Å²) in [4.78, 5) is 23.9. The summed E-state index contributed by atoms with van der Waals surface area (Å²) in [5.41, 5.74) is -0.862. The molecule has 0 aromatic heterocycles. The van der Waals surface area contributed by atoms with Crippen LogP contribution in [0.5, 0.6) is 0 Å². The smallest absolute Gasteiger partial charge is 0.312 e. The SMILES string of the molecule is CC(=O)OCCC(C)(C)C(=O)O[C@@H]1[C@H]2OC(C)(C)O[C@H]2O[C@@H]1[C@H]1COC(C)(C)O1. The Morgan fingerprint density at radius 2 is 1.72 bits per heavy atom. The van der Waals surface area contributed by atoms with Gasteiger partial charge in [0.05, 0.1) is 18.6 Å². The molecule has 29 heavy (non-hydrogen) atoms. The maximum atomic E-state index is 12.9. The highest BCUT2D eigenvalue weighted by atomic mass is 16.8. The maximum Gasteiger partial charge on any atom is 0.312 e. The second-order valence-corrected chi connectivity index (χ2v) is 9.28. The Morgan fingerprint density at radius 3 is 2.31 bits per heavy atom.